The van der Waals surface area contributed by atoms with Crippen molar-refractivity contribution in [1.29, 1.82) is 0 Å². The van der Waals surface area contributed by atoms with E-state index in [0.29, 0.717) is 27.1 Å². The van der Waals surface area contributed by atoms with Gasteiger partial charge in [-0.2, -0.15) is 0 Å². The summed E-state index contributed by atoms with van der Waals surface area (Å²) in [7, 11) is 0. The van der Waals surface area contributed by atoms with Crippen molar-refractivity contribution >= 4 is 52.1 Å². The Morgan fingerprint density at radius 3 is 1.88 bits per heavy atom. The Labute approximate surface area is 211 Å². The summed E-state index contributed by atoms with van der Waals surface area (Å²) in [6.45, 7) is 12.4. The van der Waals surface area contributed by atoms with Crippen LogP contribution in [0.1, 0.15) is 63.8 Å². The van der Waals surface area contributed by atoms with Gasteiger partial charge in [-0.15, -0.1) is 0 Å². The van der Waals surface area contributed by atoms with Crippen molar-refractivity contribution in [2.24, 2.45) is 0 Å². The van der Waals surface area contributed by atoms with Gasteiger partial charge in [0.25, 0.3) is 5.91 Å². The van der Waals surface area contributed by atoms with Crippen LogP contribution in [0.5, 0.6) is 5.75 Å². The number of para-hydroxylation sites is 2. The molecule has 5 heteroatoms. The Bertz CT molecular complexity index is 1270. The van der Waals surface area contributed by atoms with Crippen molar-refractivity contribution in [3.8, 4) is 5.75 Å². The molecule has 0 aromatic heterocycles. The van der Waals surface area contributed by atoms with Crippen LogP contribution in [-0.2, 0) is 15.6 Å². The Kier molecular flexibility index (Phi) is 6.08. The molecule has 0 bridgehead atoms. The molecule has 1 aliphatic rings. The molecule has 0 atom stereocenters. The Balaban J connectivity index is 1.95. The quantitative estimate of drug-likeness (QED) is 0.363. The van der Waals surface area contributed by atoms with E-state index in [1.807, 2.05) is 42.5 Å². The van der Waals surface area contributed by atoms with Crippen molar-refractivity contribution in [3.05, 3.63) is 86.9 Å². The van der Waals surface area contributed by atoms with Crippen molar-refractivity contribution in [2.45, 2.75) is 52.4 Å². The minimum Gasteiger partial charge on any atom is -0.507 e. The fraction of sp³-hybridized carbons (Fsp3) is 0.276. The third-order valence-corrected chi connectivity index (χ3v) is 6.70. The molecule has 3 aromatic rings. The summed E-state index contributed by atoms with van der Waals surface area (Å²) in [5.74, 6) is 0.115. The number of carbonyl (C=O) groups excluding carboxylic acids is 1. The van der Waals surface area contributed by atoms with E-state index in [2.05, 4.69) is 41.5 Å². The summed E-state index contributed by atoms with van der Waals surface area (Å²) in [5, 5.41) is 11.9. The van der Waals surface area contributed by atoms with Gasteiger partial charge in [0, 0.05) is 16.7 Å². The smallest absolute Gasteiger partial charge is 0.263 e. The summed E-state index contributed by atoms with van der Waals surface area (Å²) in [5.41, 5.74) is 4.58. The molecule has 4 rings (SSSR count). The fourth-order valence-electron chi connectivity index (χ4n) is 4.36. The van der Waals surface area contributed by atoms with Gasteiger partial charge >= 0.3 is 0 Å². The maximum absolute atomic E-state index is 13.8. The largest absolute Gasteiger partial charge is 0.507 e. The summed E-state index contributed by atoms with van der Waals surface area (Å²) in [4.78, 5) is 15.4. The number of halogens is 2. The van der Waals surface area contributed by atoms with Crippen LogP contribution in [-0.4, -0.2) is 11.0 Å². The Morgan fingerprint density at radius 1 is 0.824 bits per heavy atom. The lowest BCUT2D eigenvalue weighted by Gasteiger charge is -2.28. The molecule has 3 aromatic carbocycles. The fourth-order valence-corrected chi connectivity index (χ4v) is 4.92. The van der Waals surface area contributed by atoms with E-state index in [4.69, 9.17) is 23.2 Å². The minimum atomic E-state index is -0.271. The SMILES string of the molecule is CC(C)(C)c1cc(C=C2C(=O)N(c3c(Cl)cccc3Cl)c3ccccc32)cc(C(C)(C)C)c1O. The van der Waals surface area contributed by atoms with Crippen LogP contribution in [0.25, 0.3) is 11.6 Å². The highest BCUT2D eigenvalue weighted by Crippen LogP contribution is 2.47. The molecule has 1 aliphatic heterocycles. The predicted molar refractivity (Wildman–Crippen MR) is 143 cm³/mol. The number of rotatable bonds is 2. The van der Waals surface area contributed by atoms with Gasteiger partial charge < -0.3 is 5.11 Å². The number of nitrogens with zero attached hydrogens (tertiary/aromatic N) is 1. The van der Waals surface area contributed by atoms with E-state index < -0.39 is 0 Å². The Morgan fingerprint density at radius 2 is 1.35 bits per heavy atom. The first-order valence-electron chi connectivity index (χ1n) is 11.3. The number of anilines is 2. The minimum absolute atomic E-state index is 0.195. The molecule has 1 N–H and O–H groups in total. The van der Waals surface area contributed by atoms with Crippen LogP contribution in [0.15, 0.2) is 54.6 Å². The van der Waals surface area contributed by atoms with Crippen LogP contribution >= 0.6 is 23.2 Å². The van der Waals surface area contributed by atoms with E-state index in [9.17, 15) is 9.90 Å². The van der Waals surface area contributed by atoms with Gasteiger partial charge in [0.05, 0.1) is 27.0 Å². The second-order valence-electron chi connectivity index (χ2n) is 10.8. The predicted octanol–water partition coefficient (Wildman–Crippen LogP) is 8.51. The number of phenolic OH excluding ortho intramolecular Hbond substituents is 1. The molecule has 0 fully saturated rings. The first-order chi connectivity index (χ1) is 15.8. The molecule has 0 saturated carbocycles. The maximum Gasteiger partial charge on any atom is 0.263 e. The second-order valence-corrected chi connectivity index (χ2v) is 11.6. The summed E-state index contributed by atoms with van der Waals surface area (Å²) < 4.78 is 0. The number of phenols is 1. The summed E-state index contributed by atoms with van der Waals surface area (Å²) in [6, 6.07) is 16.8. The summed E-state index contributed by atoms with van der Waals surface area (Å²) >= 11 is 13.0. The average Bonchev–Trinajstić information content (AvgIpc) is 2.99. The highest BCUT2D eigenvalue weighted by Gasteiger charge is 2.36. The van der Waals surface area contributed by atoms with Crippen molar-refractivity contribution in [3.63, 3.8) is 0 Å². The number of aromatic hydroxyl groups is 1. The lowest BCUT2D eigenvalue weighted by atomic mass is 9.78. The molecule has 1 amide bonds. The number of hydrogen-bond acceptors (Lipinski definition) is 2. The van der Waals surface area contributed by atoms with Gasteiger partial charge in [0.1, 0.15) is 5.75 Å². The van der Waals surface area contributed by atoms with Gasteiger partial charge in [0.2, 0.25) is 0 Å². The molecule has 0 spiro atoms. The number of amides is 1. The number of benzene rings is 3. The first kappa shape index (κ1) is 24.4. The second kappa shape index (κ2) is 8.48. The monoisotopic (exact) mass is 493 g/mol. The van der Waals surface area contributed by atoms with Gasteiger partial charge in [-0.25, -0.2) is 0 Å². The molecule has 1 heterocycles. The van der Waals surface area contributed by atoms with Gasteiger partial charge in [-0.3, -0.25) is 9.69 Å². The molecular formula is C29H29Cl2NO2. The zero-order valence-corrected chi connectivity index (χ0v) is 21.8. The molecule has 0 aliphatic carbocycles. The first-order valence-corrected chi connectivity index (χ1v) is 12.0. The molecule has 176 valence electrons. The van der Waals surface area contributed by atoms with Crippen LogP contribution in [0.2, 0.25) is 10.0 Å². The topological polar surface area (TPSA) is 40.5 Å². The number of carbonyl (C=O) groups is 1. The standard InChI is InChI=1S/C29H29Cl2NO2/c1-28(2,3)20-15-17(16-21(26(20)33)29(4,5)6)14-19-18-10-7-8-13-24(18)32(27(19)34)25-22(30)11-9-12-23(25)31/h7-16,33H,1-6H3. The van der Waals surface area contributed by atoms with Crippen molar-refractivity contribution < 1.29 is 9.90 Å². The van der Waals surface area contributed by atoms with E-state index in [1.54, 1.807) is 23.1 Å². The van der Waals surface area contributed by atoms with Crippen LogP contribution in [0.4, 0.5) is 11.4 Å². The van der Waals surface area contributed by atoms with Crippen molar-refractivity contribution in [2.75, 3.05) is 4.90 Å². The van der Waals surface area contributed by atoms with Crippen LogP contribution in [0, 0.1) is 0 Å². The van der Waals surface area contributed by atoms with Crippen LogP contribution < -0.4 is 4.90 Å². The van der Waals surface area contributed by atoms with Crippen LogP contribution in [0.3, 0.4) is 0 Å². The van der Waals surface area contributed by atoms with Crippen molar-refractivity contribution in [1.82, 2.24) is 0 Å². The lowest BCUT2D eigenvalue weighted by Crippen LogP contribution is -2.21. The normalized spacial score (nSPS) is 15.2. The zero-order chi connectivity index (χ0) is 25.0. The highest BCUT2D eigenvalue weighted by atomic mass is 35.5. The average molecular weight is 494 g/mol. The molecule has 3 nitrogen and oxygen atoms in total. The zero-order valence-electron chi connectivity index (χ0n) is 20.3. The van der Waals surface area contributed by atoms with Gasteiger partial charge in [0.15, 0.2) is 0 Å². The molecule has 34 heavy (non-hydrogen) atoms. The maximum atomic E-state index is 13.8. The van der Waals surface area contributed by atoms with Gasteiger partial charge in [-0.1, -0.05) is 89.0 Å². The van der Waals surface area contributed by atoms with E-state index in [1.165, 1.54) is 0 Å². The Hall–Kier alpha value is -2.75. The third-order valence-electron chi connectivity index (χ3n) is 6.09. The van der Waals surface area contributed by atoms with E-state index >= 15 is 0 Å². The number of fused-ring (bicyclic) bond motifs is 1. The van der Waals surface area contributed by atoms with E-state index in [-0.39, 0.29) is 16.7 Å². The summed E-state index contributed by atoms with van der Waals surface area (Å²) in [6.07, 6.45) is 1.90. The highest BCUT2D eigenvalue weighted by molar-refractivity contribution is 6.44. The lowest BCUT2D eigenvalue weighted by molar-refractivity contribution is -0.112. The molecule has 0 saturated heterocycles. The third kappa shape index (κ3) is 4.23. The molecule has 0 radical (unpaired) electrons. The van der Waals surface area contributed by atoms with E-state index in [0.717, 1.165) is 27.9 Å². The molecule has 0 unspecified atom stereocenters. The number of hydrogen-bond donors (Lipinski definition) is 1. The molecular weight excluding hydrogens is 465 g/mol. The van der Waals surface area contributed by atoms with Gasteiger partial charge in [-0.05, 0) is 52.8 Å².